The third kappa shape index (κ3) is 4.79. The Morgan fingerprint density at radius 2 is 2.10 bits per heavy atom. The third-order valence-corrected chi connectivity index (χ3v) is 2.98. The Morgan fingerprint density at radius 3 is 2.65 bits per heavy atom. The molecule has 0 aromatic heterocycles. The van der Waals surface area contributed by atoms with Crippen molar-refractivity contribution < 1.29 is 14.7 Å². The van der Waals surface area contributed by atoms with Crippen molar-refractivity contribution in [1.29, 1.82) is 0 Å². The van der Waals surface area contributed by atoms with Crippen LogP contribution in [0, 0.1) is 0 Å². The minimum absolute atomic E-state index is 0.0121. The zero-order valence-electron chi connectivity index (χ0n) is 11.8. The van der Waals surface area contributed by atoms with Gasteiger partial charge in [-0.05, 0) is 31.5 Å². The van der Waals surface area contributed by atoms with Crippen LogP contribution in [0.1, 0.15) is 37.0 Å². The summed E-state index contributed by atoms with van der Waals surface area (Å²) in [6, 6.07) is 4.80. The molecule has 0 bridgehead atoms. The van der Waals surface area contributed by atoms with Gasteiger partial charge < -0.3 is 21.5 Å². The Hall–Kier alpha value is -2.24. The molecule has 5 N–H and O–H groups in total. The highest BCUT2D eigenvalue weighted by atomic mass is 16.4. The normalized spacial score (nSPS) is 11.7. The molecule has 6 nitrogen and oxygen atoms in total. The van der Waals surface area contributed by atoms with Gasteiger partial charge in [-0.15, -0.1) is 0 Å². The quantitative estimate of drug-likeness (QED) is 0.568. The monoisotopic (exact) mass is 279 g/mol. The summed E-state index contributed by atoms with van der Waals surface area (Å²) in [5.74, 6) is -1.07. The van der Waals surface area contributed by atoms with E-state index in [1.807, 2.05) is 13.8 Å². The van der Waals surface area contributed by atoms with Gasteiger partial charge in [0.2, 0.25) is 5.91 Å². The van der Waals surface area contributed by atoms with Gasteiger partial charge >= 0.3 is 5.97 Å². The highest BCUT2D eigenvalue weighted by Gasteiger charge is 2.08. The molecule has 1 atom stereocenters. The molecule has 0 aliphatic carbocycles. The van der Waals surface area contributed by atoms with Crippen molar-refractivity contribution in [2.45, 2.75) is 32.7 Å². The molecule has 0 heterocycles. The molecule has 0 radical (unpaired) electrons. The summed E-state index contributed by atoms with van der Waals surface area (Å²) in [5, 5.41) is 14.8. The van der Waals surface area contributed by atoms with Crippen LogP contribution >= 0.6 is 0 Å². The number of nitrogen functional groups attached to an aromatic ring is 1. The fourth-order valence-corrected chi connectivity index (χ4v) is 1.64. The summed E-state index contributed by atoms with van der Waals surface area (Å²) in [6.07, 6.45) is 1.25. The summed E-state index contributed by atoms with van der Waals surface area (Å²) in [5.41, 5.74) is 6.61. The van der Waals surface area contributed by atoms with Gasteiger partial charge in [0.15, 0.2) is 0 Å². The molecule has 1 aromatic rings. The fourth-order valence-electron chi connectivity index (χ4n) is 1.64. The largest absolute Gasteiger partial charge is 0.478 e. The van der Waals surface area contributed by atoms with E-state index in [2.05, 4.69) is 10.6 Å². The van der Waals surface area contributed by atoms with Crippen LogP contribution in [0.25, 0.3) is 0 Å². The van der Waals surface area contributed by atoms with E-state index in [-0.39, 0.29) is 23.2 Å². The van der Waals surface area contributed by atoms with Crippen molar-refractivity contribution in [1.82, 2.24) is 5.32 Å². The molecule has 1 unspecified atom stereocenters. The van der Waals surface area contributed by atoms with Crippen molar-refractivity contribution >= 4 is 23.3 Å². The lowest BCUT2D eigenvalue weighted by Crippen LogP contribution is -2.32. The van der Waals surface area contributed by atoms with Gasteiger partial charge in [0.25, 0.3) is 0 Å². The minimum atomic E-state index is -1.05. The first kappa shape index (κ1) is 15.8. The number of aromatic carboxylic acids is 1. The molecule has 0 saturated carbocycles. The topological polar surface area (TPSA) is 104 Å². The van der Waals surface area contributed by atoms with Gasteiger partial charge in [0.1, 0.15) is 0 Å². The van der Waals surface area contributed by atoms with Gasteiger partial charge in [-0.25, -0.2) is 4.79 Å². The lowest BCUT2D eigenvalue weighted by atomic mass is 10.1. The second kappa shape index (κ2) is 7.37. The first-order valence-corrected chi connectivity index (χ1v) is 6.60. The van der Waals surface area contributed by atoms with E-state index in [0.29, 0.717) is 18.7 Å². The summed E-state index contributed by atoms with van der Waals surface area (Å²) >= 11 is 0. The van der Waals surface area contributed by atoms with Gasteiger partial charge in [0, 0.05) is 30.4 Å². The average molecular weight is 279 g/mol. The number of carbonyl (C=O) groups is 2. The van der Waals surface area contributed by atoms with Gasteiger partial charge in [-0.1, -0.05) is 6.92 Å². The maximum Gasteiger partial charge on any atom is 0.337 e. The smallest absolute Gasteiger partial charge is 0.337 e. The number of carbonyl (C=O) groups excluding carboxylic acids is 1. The maximum atomic E-state index is 11.6. The van der Waals surface area contributed by atoms with Crippen LogP contribution in [0.5, 0.6) is 0 Å². The van der Waals surface area contributed by atoms with Crippen LogP contribution in [-0.2, 0) is 4.79 Å². The Labute approximate surface area is 118 Å². The van der Waals surface area contributed by atoms with E-state index in [4.69, 9.17) is 10.8 Å². The first-order chi connectivity index (χ1) is 9.43. The van der Waals surface area contributed by atoms with Crippen molar-refractivity contribution in [2.75, 3.05) is 17.6 Å². The van der Waals surface area contributed by atoms with Crippen LogP contribution < -0.4 is 16.4 Å². The number of carboxylic acid groups (broad SMARTS) is 1. The molecule has 0 saturated heterocycles. The number of benzene rings is 1. The number of rotatable bonds is 7. The molecule has 0 aliphatic heterocycles. The van der Waals surface area contributed by atoms with Crippen LogP contribution in [0.4, 0.5) is 11.4 Å². The number of carboxylic acids is 1. The summed E-state index contributed by atoms with van der Waals surface area (Å²) in [4.78, 5) is 22.4. The van der Waals surface area contributed by atoms with Crippen molar-refractivity contribution in [3.8, 4) is 0 Å². The number of anilines is 2. The predicted octanol–water partition coefficient (Wildman–Crippen LogP) is 1.68. The number of nitrogens with two attached hydrogens (primary N) is 1. The van der Waals surface area contributed by atoms with E-state index in [9.17, 15) is 9.59 Å². The molecule has 0 spiro atoms. The van der Waals surface area contributed by atoms with Gasteiger partial charge in [-0.3, -0.25) is 4.79 Å². The Kier molecular flexibility index (Phi) is 5.83. The van der Waals surface area contributed by atoms with E-state index >= 15 is 0 Å². The summed E-state index contributed by atoms with van der Waals surface area (Å²) in [6.45, 7) is 4.43. The second-order valence-corrected chi connectivity index (χ2v) is 4.66. The lowest BCUT2D eigenvalue weighted by molar-refractivity contribution is -0.121. The standard InChI is InChI=1S/C14H21N3O3/c1-3-9(2)17-13(18)6-7-16-10-4-5-11(14(19)20)12(15)8-10/h4-5,8-9,16H,3,6-7,15H2,1-2H3,(H,17,18)(H,19,20). The molecule has 110 valence electrons. The summed E-state index contributed by atoms with van der Waals surface area (Å²) < 4.78 is 0. The Balaban J connectivity index is 2.45. The van der Waals surface area contributed by atoms with Crippen molar-refractivity contribution in [3.05, 3.63) is 23.8 Å². The zero-order chi connectivity index (χ0) is 15.1. The molecule has 1 aromatic carbocycles. The number of hydrogen-bond donors (Lipinski definition) is 4. The van der Waals surface area contributed by atoms with Crippen LogP contribution in [-0.4, -0.2) is 29.6 Å². The van der Waals surface area contributed by atoms with E-state index < -0.39 is 5.97 Å². The van der Waals surface area contributed by atoms with E-state index in [1.165, 1.54) is 6.07 Å². The Bertz CT molecular complexity index is 489. The van der Waals surface area contributed by atoms with E-state index in [0.717, 1.165) is 6.42 Å². The molecule has 1 amide bonds. The van der Waals surface area contributed by atoms with Crippen molar-refractivity contribution in [2.24, 2.45) is 0 Å². The number of nitrogens with one attached hydrogen (secondary N) is 2. The van der Waals surface area contributed by atoms with Gasteiger partial charge in [0.05, 0.1) is 5.56 Å². The number of hydrogen-bond acceptors (Lipinski definition) is 4. The van der Waals surface area contributed by atoms with Crippen LogP contribution in [0.3, 0.4) is 0 Å². The predicted molar refractivity (Wildman–Crippen MR) is 78.8 cm³/mol. The molecular formula is C14H21N3O3. The lowest BCUT2D eigenvalue weighted by Gasteiger charge is -2.12. The third-order valence-electron chi connectivity index (χ3n) is 2.98. The van der Waals surface area contributed by atoms with Crippen molar-refractivity contribution in [3.63, 3.8) is 0 Å². The molecule has 6 heteroatoms. The van der Waals surface area contributed by atoms with Gasteiger partial charge in [-0.2, -0.15) is 0 Å². The molecule has 0 aliphatic rings. The molecule has 1 rings (SSSR count). The molecular weight excluding hydrogens is 258 g/mol. The second-order valence-electron chi connectivity index (χ2n) is 4.66. The van der Waals surface area contributed by atoms with E-state index in [1.54, 1.807) is 12.1 Å². The highest BCUT2D eigenvalue weighted by Crippen LogP contribution is 2.17. The fraction of sp³-hybridized carbons (Fsp3) is 0.429. The zero-order valence-corrected chi connectivity index (χ0v) is 11.8. The minimum Gasteiger partial charge on any atom is -0.478 e. The Morgan fingerprint density at radius 1 is 1.40 bits per heavy atom. The SMILES string of the molecule is CCC(C)NC(=O)CCNc1ccc(C(=O)O)c(N)c1. The van der Waals surface area contributed by atoms with Crippen LogP contribution in [0.15, 0.2) is 18.2 Å². The van der Waals surface area contributed by atoms with Crippen LogP contribution in [0.2, 0.25) is 0 Å². The average Bonchev–Trinajstić information content (AvgIpc) is 2.38. The number of amides is 1. The first-order valence-electron chi connectivity index (χ1n) is 6.60. The summed E-state index contributed by atoms with van der Waals surface area (Å²) in [7, 11) is 0. The highest BCUT2D eigenvalue weighted by molar-refractivity contribution is 5.94. The molecule has 20 heavy (non-hydrogen) atoms. The maximum absolute atomic E-state index is 11.6. The molecule has 0 fully saturated rings.